The van der Waals surface area contributed by atoms with Gasteiger partial charge in [-0.1, -0.05) is 12.8 Å². The van der Waals surface area contributed by atoms with Crippen LogP contribution in [-0.4, -0.2) is 36.3 Å². The zero-order valence-corrected chi connectivity index (χ0v) is 9.63. The van der Waals surface area contributed by atoms with Crippen molar-refractivity contribution in [3.8, 4) is 0 Å². The van der Waals surface area contributed by atoms with Gasteiger partial charge < -0.3 is 13.3 Å². The summed E-state index contributed by atoms with van der Waals surface area (Å²) in [5, 5.41) is 0. The van der Waals surface area contributed by atoms with Crippen LogP contribution in [0.5, 0.6) is 0 Å². The third-order valence-electron chi connectivity index (χ3n) is 2.54. The summed E-state index contributed by atoms with van der Waals surface area (Å²) in [6.07, 6.45) is 4.98. The Bertz CT molecular complexity index is 138. The summed E-state index contributed by atoms with van der Waals surface area (Å²) in [6.45, 7) is 0. The Balaban J connectivity index is 2.44. The normalized spacial score (nSPS) is 19.6. The van der Waals surface area contributed by atoms with Crippen LogP contribution in [0.1, 0.15) is 25.7 Å². The molecule has 1 N–H and O–H groups in total. The SMILES string of the molecule is CO[Si](NC1CCCC1)(OC)OC. The van der Waals surface area contributed by atoms with Gasteiger partial charge in [-0.25, -0.2) is 0 Å². The smallest absolute Gasteiger partial charge is 0.364 e. The largest absolute Gasteiger partial charge is 0.596 e. The monoisotopic (exact) mass is 205 g/mol. The lowest BCUT2D eigenvalue weighted by Crippen LogP contribution is -2.60. The number of hydrogen-bond donors (Lipinski definition) is 1. The van der Waals surface area contributed by atoms with Crippen LogP contribution in [-0.2, 0) is 13.3 Å². The van der Waals surface area contributed by atoms with Crippen molar-refractivity contribution < 1.29 is 13.3 Å². The predicted octanol–water partition coefficient (Wildman–Crippen LogP) is 0.893. The van der Waals surface area contributed by atoms with Crippen molar-refractivity contribution in [2.75, 3.05) is 21.3 Å². The van der Waals surface area contributed by atoms with Crippen molar-refractivity contribution in [3.63, 3.8) is 0 Å². The summed E-state index contributed by atoms with van der Waals surface area (Å²) in [5.41, 5.74) is 0. The molecule has 0 unspecified atom stereocenters. The highest BCUT2D eigenvalue weighted by atomic mass is 28.4. The molecule has 0 spiro atoms. The molecule has 0 atom stereocenters. The standard InChI is InChI=1S/C8H19NO3Si/c1-10-13(11-2,12-3)9-8-6-4-5-7-8/h8-9H,4-7H2,1-3H3. The highest BCUT2D eigenvalue weighted by Crippen LogP contribution is 2.19. The molecule has 0 aromatic rings. The van der Waals surface area contributed by atoms with Crippen molar-refractivity contribution in [1.29, 1.82) is 0 Å². The predicted molar refractivity (Wildman–Crippen MR) is 52.2 cm³/mol. The highest BCUT2D eigenvalue weighted by Gasteiger charge is 2.41. The Hall–Kier alpha value is 0.0569. The second kappa shape index (κ2) is 5.07. The quantitative estimate of drug-likeness (QED) is 0.677. The van der Waals surface area contributed by atoms with Crippen LogP contribution >= 0.6 is 0 Å². The second-order valence-corrected chi connectivity index (χ2v) is 5.92. The Kier molecular flexibility index (Phi) is 4.34. The average Bonchev–Trinajstić information content (AvgIpc) is 2.67. The molecule has 4 nitrogen and oxygen atoms in total. The first kappa shape index (κ1) is 11.1. The average molecular weight is 205 g/mol. The summed E-state index contributed by atoms with van der Waals surface area (Å²) in [5.74, 6) is 0. The minimum absolute atomic E-state index is 0.506. The Morgan fingerprint density at radius 2 is 1.46 bits per heavy atom. The van der Waals surface area contributed by atoms with E-state index in [2.05, 4.69) is 4.98 Å². The maximum absolute atomic E-state index is 5.28. The molecule has 0 aliphatic heterocycles. The Morgan fingerprint density at radius 1 is 1.00 bits per heavy atom. The molecule has 13 heavy (non-hydrogen) atoms. The van der Waals surface area contributed by atoms with E-state index < -0.39 is 8.97 Å². The number of nitrogens with one attached hydrogen (secondary N) is 1. The van der Waals surface area contributed by atoms with E-state index in [-0.39, 0.29) is 0 Å². The van der Waals surface area contributed by atoms with E-state index in [0.29, 0.717) is 6.04 Å². The van der Waals surface area contributed by atoms with E-state index in [9.17, 15) is 0 Å². The molecule has 0 saturated heterocycles. The van der Waals surface area contributed by atoms with Gasteiger partial charge >= 0.3 is 8.97 Å². The van der Waals surface area contributed by atoms with Gasteiger partial charge in [0.2, 0.25) is 0 Å². The molecule has 1 fully saturated rings. The van der Waals surface area contributed by atoms with E-state index >= 15 is 0 Å². The van der Waals surface area contributed by atoms with E-state index in [1.54, 1.807) is 21.3 Å². The fraction of sp³-hybridized carbons (Fsp3) is 1.00. The van der Waals surface area contributed by atoms with Crippen molar-refractivity contribution in [3.05, 3.63) is 0 Å². The third kappa shape index (κ3) is 2.75. The molecule has 0 amide bonds. The van der Waals surface area contributed by atoms with Gasteiger partial charge in [-0.2, -0.15) is 0 Å². The lowest BCUT2D eigenvalue weighted by Gasteiger charge is -2.27. The zero-order valence-electron chi connectivity index (χ0n) is 8.63. The van der Waals surface area contributed by atoms with Crippen LogP contribution in [0.25, 0.3) is 0 Å². The van der Waals surface area contributed by atoms with E-state index in [0.717, 1.165) is 0 Å². The lowest BCUT2D eigenvalue weighted by molar-refractivity contribution is 0.105. The van der Waals surface area contributed by atoms with Gasteiger partial charge in [-0.05, 0) is 12.8 Å². The molecule has 0 bridgehead atoms. The molecule has 1 saturated carbocycles. The minimum atomic E-state index is -2.53. The Morgan fingerprint density at radius 3 is 1.85 bits per heavy atom. The van der Waals surface area contributed by atoms with Crippen LogP contribution in [0.4, 0.5) is 0 Å². The summed E-state index contributed by atoms with van der Waals surface area (Å²) >= 11 is 0. The second-order valence-electron chi connectivity index (χ2n) is 3.29. The molecular weight excluding hydrogens is 186 g/mol. The Labute approximate surface area is 81.0 Å². The van der Waals surface area contributed by atoms with Crippen LogP contribution in [0, 0.1) is 0 Å². The first-order valence-corrected chi connectivity index (χ1v) is 6.42. The van der Waals surface area contributed by atoms with Crippen molar-refractivity contribution in [2.45, 2.75) is 31.7 Å². The summed E-state index contributed by atoms with van der Waals surface area (Å²) in [7, 11) is 2.35. The molecule has 1 aliphatic rings. The minimum Gasteiger partial charge on any atom is -0.364 e. The van der Waals surface area contributed by atoms with Gasteiger partial charge in [-0.15, -0.1) is 0 Å². The van der Waals surface area contributed by atoms with E-state index in [1.165, 1.54) is 25.7 Å². The molecule has 0 aromatic heterocycles. The van der Waals surface area contributed by atoms with Gasteiger partial charge in [0.25, 0.3) is 0 Å². The summed E-state index contributed by atoms with van der Waals surface area (Å²) < 4.78 is 15.8. The number of hydrogen-bond acceptors (Lipinski definition) is 4. The molecule has 0 radical (unpaired) electrons. The van der Waals surface area contributed by atoms with Crippen molar-refractivity contribution in [1.82, 2.24) is 4.98 Å². The number of rotatable bonds is 5. The summed E-state index contributed by atoms with van der Waals surface area (Å²) in [4.78, 5) is 3.35. The maximum atomic E-state index is 5.28. The fourth-order valence-electron chi connectivity index (χ4n) is 1.75. The van der Waals surface area contributed by atoms with E-state index in [4.69, 9.17) is 13.3 Å². The fourth-order valence-corrected chi connectivity index (χ4v) is 3.39. The van der Waals surface area contributed by atoms with Gasteiger partial charge in [0.05, 0.1) is 0 Å². The molecule has 0 aromatic carbocycles. The highest BCUT2D eigenvalue weighted by molar-refractivity contribution is 6.57. The van der Waals surface area contributed by atoms with Gasteiger partial charge in [0.1, 0.15) is 0 Å². The lowest BCUT2D eigenvalue weighted by atomic mass is 10.3. The molecular formula is C8H19NO3Si. The maximum Gasteiger partial charge on any atom is 0.596 e. The van der Waals surface area contributed by atoms with Gasteiger partial charge in [0, 0.05) is 27.4 Å². The molecule has 1 aliphatic carbocycles. The molecule has 1 rings (SSSR count). The zero-order chi connectivity index (χ0) is 9.73. The molecule has 5 heteroatoms. The van der Waals surface area contributed by atoms with Crippen LogP contribution in [0.15, 0.2) is 0 Å². The van der Waals surface area contributed by atoms with Crippen molar-refractivity contribution >= 4 is 8.97 Å². The van der Waals surface area contributed by atoms with Gasteiger partial charge in [-0.3, -0.25) is 4.98 Å². The molecule has 78 valence electrons. The molecule has 0 heterocycles. The first-order valence-electron chi connectivity index (χ1n) is 4.69. The van der Waals surface area contributed by atoms with E-state index in [1.807, 2.05) is 0 Å². The van der Waals surface area contributed by atoms with Crippen molar-refractivity contribution in [2.24, 2.45) is 0 Å². The van der Waals surface area contributed by atoms with Crippen LogP contribution in [0.3, 0.4) is 0 Å². The summed E-state index contributed by atoms with van der Waals surface area (Å²) in [6, 6.07) is 0.506. The van der Waals surface area contributed by atoms with Crippen LogP contribution in [0.2, 0.25) is 0 Å². The van der Waals surface area contributed by atoms with Gasteiger partial charge in [0.15, 0.2) is 0 Å². The first-order chi connectivity index (χ1) is 6.26. The van der Waals surface area contributed by atoms with Crippen LogP contribution < -0.4 is 4.98 Å². The topological polar surface area (TPSA) is 39.7 Å². The third-order valence-corrected chi connectivity index (χ3v) is 4.92.